The van der Waals surface area contributed by atoms with E-state index in [0.717, 1.165) is 15.9 Å². The molecule has 0 atom stereocenters. The fraction of sp³-hybridized carbons (Fsp3) is 0.308. The van der Waals surface area contributed by atoms with E-state index in [1.165, 1.54) is 11.3 Å². The summed E-state index contributed by atoms with van der Waals surface area (Å²) in [6, 6.07) is 4.93. The molecule has 0 amide bonds. The van der Waals surface area contributed by atoms with Crippen LogP contribution in [0, 0.1) is 0 Å². The highest BCUT2D eigenvalue weighted by atomic mass is 32.1. The number of aromatic nitrogens is 1. The van der Waals surface area contributed by atoms with Gasteiger partial charge in [-0.3, -0.25) is 0 Å². The van der Waals surface area contributed by atoms with Crippen LogP contribution < -0.4 is 9.54 Å². The Balaban J connectivity index is 2.58. The van der Waals surface area contributed by atoms with Crippen LogP contribution in [-0.2, 0) is 6.54 Å². The number of carboxylic acid groups (broad SMARTS) is 1. The van der Waals surface area contributed by atoms with Crippen molar-refractivity contribution in [3.8, 4) is 5.75 Å². The number of aliphatic hydroxyl groups is 1. The van der Waals surface area contributed by atoms with Crippen molar-refractivity contribution in [2.45, 2.75) is 20.4 Å². The van der Waals surface area contributed by atoms with E-state index < -0.39 is 6.16 Å². The van der Waals surface area contributed by atoms with Crippen LogP contribution in [0.5, 0.6) is 5.75 Å². The summed E-state index contributed by atoms with van der Waals surface area (Å²) in [5, 5.41) is 26.0. The minimum Gasteiger partial charge on any atom is -0.449 e. The van der Waals surface area contributed by atoms with E-state index in [-0.39, 0.29) is 12.4 Å². The van der Waals surface area contributed by atoms with Gasteiger partial charge in [-0.1, -0.05) is 11.3 Å². The molecule has 8 heteroatoms. The Bertz CT molecular complexity index is 756. The first-order chi connectivity index (χ1) is 10.0. The normalized spacial score (nSPS) is 11.7. The van der Waals surface area contributed by atoms with Gasteiger partial charge in [-0.25, -0.2) is 4.79 Å². The van der Waals surface area contributed by atoms with E-state index in [1.54, 1.807) is 18.2 Å². The number of carbonyl (C=O) groups is 1. The third-order valence-corrected chi connectivity index (χ3v) is 3.55. The summed E-state index contributed by atoms with van der Waals surface area (Å²) in [5.74, 6) is 0.245. The molecule has 0 aliphatic heterocycles. The molecule has 0 aliphatic carbocycles. The van der Waals surface area contributed by atoms with E-state index in [4.69, 9.17) is 5.11 Å². The molecule has 0 saturated heterocycles. The van der Waals surface area contributed by atoms with Crippen molar-refractivity contribution in [3.05, 3.63) is 23.0 Å². The number of benzene rings is 1. The van der Waals surface area contributed by atoms with Crippen LogP contribution in [0.4, 0.5) is 4.79 Å². The molecule has 7 nitrogen and oxygen atoms in total. The molecular weight excluding hydrogens is 294 g/mol. The Hall–Kier alpha value is -2.19. The molecule has 1 heterocycles. The zero-order valence-corrected chi connectivity index (χ0v) is 12.4. The predicted molar refractivity (Wildman–Crippen MR) is 79.9 cm³/mol. The van der Waals surface area contributed by atoms with E-state index in [1.807, 2.05) is 18.4 Å². The summed E-state index contributed by atoms with van der Waals surface area (Å²) in [5.41, 5.74) is 1.66. The highest BCUT2D eigenvalue weighted by molar-refractivity contribution is 7.16. The van der Waals surface area contributed by atoms with Crippen LogP contribution in [-0.4, -0.2) is 33.3 Å². The van der Waals surface area contributed by atoms with Gasteiger partial charge in [-0.2, -0.15) is 5.10 Å². The lowest BCUT2D eigenvalue weighted by atomic mass is 10.3. The lowest BCUT2D eigenvalue weighted by molar-refractivity contribution is 0.144. The molecule has 0 saturated carbocycles. The average Bonchev–Trinajstić information content (AvgIpc) is 2.74. The summed E-state index contributed by atoms with van der Waals surface area (Å²) in [6.07, 6.45) is -1.36. The predicted octanol–water partition coefficient (Wildman–Crippen LogP) is 2.05. The fourth-order valence-corrected chi connectivity index (χ4v) is 2.79. The van der Waals surface area contributed by atoms with Crippen molar-refractivity contribution in [2.24, 2.45) is 10.2 Å². The molecule has 21 heavy (non-hydrogen) atoms. The van der Waals surface area contributed by atoms with Crippen molar-refractivity contribution in [2.75, 3.05) is 6.61 Å². The number of hydrogen-bond donors (Lipinski definition) is 2. The van der Waals surface area contributed by atoms with Crippen LogP contribution >= 0.6 is 11.3 Å². The third-order valence-electron chi connectivity index (χ3n) is 2.52. The monoisotopic (exact) mass is 309 g/mol. The molecule has 0 spiro atoms. The maximum atomic E-state index is 10.6. The Morgan fingerprint density at radius 2 is 2.19 bits per heavy atom. The Morgan fingerprint density at radius 3 is 2.81 bits per heavy atom. The lowest BCUT2D eigenvalue weighted by Gasteiger charge is -2.03. The Morgan fingerprint density at radius 1 is 1.43 bits per heavy atom. The van der Waals surface area contributed by atoms with E-state index >= 15 is 0 Å². The van der Waals surface area contributed by atoms with Crippen molar-refractivity contribution < 1.29 is 19.7 Å². The molecule has 2 aromatic rings. The number of ether oxygens (including phenoxy) is 1. The maximum Gasteiger partial charge on any atom is 0.511 e. The number of rotatable bonds is 4. The highest BCUT2D eigenvalue weighted by Crippen LogP contribution is 2.23. The fourth-order valence-electron chi connectivity index (χ4n) is 1.75. The molecule has 0 bridgehead atoms. The highest BCUT2D eigenvalue weighted by Gasteiger charge is 2.09. The number of fused-ring (bicyclic) bond motifs is 1. The van der Waals surface area contributed by atoms with Gasteiger partial charge in [0.25, 0.3) is 0 Å². The number of hydrogen-bond acceptors (Lipinski definition) is 6. The Labute approximate surface area is 124 Å². The quantitative estimate of drug-likeness (QED) is 0.391. The SMILES string of the molecule is CC(C)=NN=c1sc2cc(OC(=O)O)ccc2n1CCO. The number of aliphatic hydroxyl groups excluding tert-OH is 1. The second kappa shape index (κ2) is 6.51. The minimum atomic E-state index is -1.36. The van der Waals surface area contributed by atoms with Gasteiger partial charge in [0.2, 0.25) is 4.80 Å². The van der Waals surface area contributed by atoms with Crippen molar-refractivity contribution in [3.63, 3.8) is 0 Å². The van der Waals surface area contributed by atoms with Crippen molar-refractivity contribution in [1.29, 1.82) is 0 Å². The van der Waals surface area contributed by atoms with E-state index in [2.05, 4.69) is 14.9 Å². The van der Waals surface area contributed by atoms with Gasteiger partial charge in [-0.15, -0.1) is 5.10 Å². The molecule has 112 valence electrons. The molecule has 0 aliphatic rings. The molecule has 0 unspecified atom stereocenters. The summed E-state index contributed by atoms with van der Waals surface area (Å²) in [4.78, 5) is 11.2. The second-order valence-corrected chi connectivity index (χ2v) is 5.41. The largest absolute Gasteiger partial charge is 0.511 e. The maximum absolute atomic E-state index is 10.6. The van der Waals surface area contributed by atoms with Gasteiger partial charge in [0.05, 0.1) is 16.8 Å². The van der Waals surface area contributed by atoms with E-state index in [0.29, 0.717) is 11.3 Å². The van der Waals surface area contributed by atoms with Gasteiger partial charge in [0, 0.05) is 18.3 Å². The smallest absolute Gasteiger partial charge is 0.449 e. The number of nitrogens with zero attached hydrogens (tertiary/aromatic N) is 3. The second-order valence-electron chi connectivity index (χ2n) is 4.40. The van der Waals surface area contributed by atoms with Gasteiger partial charge in [0.1, 0.15) is 5.75 Å². The standard InChI is InChI=1S/C13H15N3O4S/c1-8(2)14-15-12-16(5-6-17)10-4-3-9(20-13(18)19)7-11(10)21-12/h3-4,7,17H,5-6H2,1-2H3,(H,18,19). The van der Waals surface area contributed by atoms with Gasteiger partial charge in [-0.05, 0) is 26.0 Å². The summed E-state index contributed by atoms with van der Waals surface area (Å²) in [7, 11) is 0. The molecule has 1 aromatic carbocycles. The topological polar surface area (TPSA) is 96.4 Å². The van der Waals surface area contributed by atoms with Crippen molar-refractivity contribution in [1.82, 2.24) is 4.57 Å². The molecule has 2 N–H and O–H groups in total. The van der Waals surface area contributed by atoms with Crippen LogP contribution in [0.25, 0.3) is 10.2 Å². The summed E-state index contributed by atoms with van der Waals surface area (Å²) < 4.78 is 7.28. The lowest BCUT2D eigenvalue weighted by Crippen LogP contribution is -2.16. The van der Waals surface area contributed by atoms with Crippen molar-refractivity contribution >= 4 is 33.4 Å². The third kappa shape index (κ3) is 3.67. The summed E-state index contributed by atoms with van der Waals surface area (Å²) >= 11 is 1.35. The van der Waals surface area contributed by atoms with Crippen LogP contribution in [0.3, 0.4) is 0 Å². The first-order valence-electron chi connectivity index (χ1n) is 6.21. The van der Waals surface area contributed by atoms with Gasteiger partial charge < -0.3 is 19.5 Å². The summed E-state index contributed by atoms with van der Waals surface area (Å²) in [6.45, 7) is 4.04. The zero-order valence-electron chi connectivity index (χ0n) is 11.6. The molecule has 0 radical (unpaired) electrons. The van der Waals surface area contributed by atoms with Gasteiger partial charge >= 0.3 is 6.16 Å². The van der Waals surface area contributed by atoms with Crippen LogP contribution in [0.2, 0.25) is 0 Å². The van der Waals surface area contributed by atoms with Crippen LogP contribution in [0.1, 0.15) is 13.8 Å². The van der Waals surface area contributed by atoms with E-state index in [9.17, 15) is 9.90 Å². The van der Waals surface area contributed by atoms with Gasteiger partial charge in [0.15, 0.2) is 0 Å². The first kappa shape index (κ1) is 15.2. The average molecular weight is 309 g/mol. The molecule has 1 aromatic heterocycles. The minimum absolute atomic E-state index is 0.0266. The molecule has 2 rings (SSSR count). The first-order valence-corrected chi connectivity index (χ1v) is 7.03. The number of thiazole rings is 1. The molecular formula is C13H15N3O4S. The van der Waals surface area contributed by atoms with Crippen LogP contribution in [0.15, 0.2) is 28.4 Å². The molecule has 0 fully saturated rings. The zero-order chi connectivity index (χ0) is 15.4. The Kier molecular flexibility index (Phi) is 4.71.